The van der Waals surface area contributed by atoms with Gasteiger partial charge in [-0.2, -0.15) is 0 Å². The molecule has 2 rings (SSSR count). The number of carbonyl (C=O) groups is 1. The van der Waals surface area contributed by atoms with E-state index in [9.17, 15) is 9.90 Å². The Morgan fingerprint density at radius 1 is 1.19 bits per heavy atom. The SMILES string of the molecule is COc1cc(C(C)=O)ccc1OCC(O)CN(C)C1CCCCCCC1. The molecule has 1 atom stereocenters. The van der Waals surface area contributed by atoms with E-state index in [0.717, 1.165) is 0 Å². The van der Waals surface area contributed by atoms with Crippen LogP contribution in [0.2, 0.25) is 0 Å². The van der Waals surface area contributed by atoms with Crippen LogP contribution in [0.15, 0.2) is 18.2 Å². The number of ketones is 1. The van der Waals surface area contributed by atoms with Crippen LogP contribution in [-0.2, 0) is 0 Å². The van der Waals surface area contributed by atoms with Gasteiger partial charge in [0.05, 0.1) is 7.11 Å². The number of aliphatic hydroxyl groups is 1. The minimum Gasteiger partial charge on any atom is -0.493 e. The summed E-state index contributed by atoms with van der Waals surface area (Å²) < 4.78 is 11.0. The Morgan fingerprint density at radius 2 is 1.85 bits per heavy atom. The van der Waals surface area contributed by atoms with Gasteiger partial charge in [0.1, 0.15) is 12.7 Å². The second-order valence-corrected chi connectivity index (χ2v) is 7.33. The highest BCUT2D eigenvalue weighted by molar-refractivity contribution is 5.94. The fraction of sp³-hybridized carbons (Fsp3) is 0.667. The molecule has 0 heterocycles. The molecule has 0 amide bonds. The highest BCUT2D eigenvalue weighted by Gasteiger charge is 2.19. The van der Waals surface area contributed by atoms with Crippen molar-refractivity contribution in [3.63, 3.8) is 0 Å². The van der Waals surface area contributed by atoms with Crippen molar-refractivity contribution < 1.29 is 19.4 Å². The minimum absolute atomic E-state index is 0.0179. The summed E-state index contributed by atoms with van der Waals surface area (Å²) in [6, 6.07) is 5.66. The van der Waals surface area contributed by atoms with Crippen molar-refractivity contribution in [3.8, 4) is 11.5 Å². The minimum atomic E-state index is -0.567. The van der Waals surface area contributed by atoms with Crippen LogP contribution in [0.25, 0.3) is 0 Å². The summed E-state index contributed by atoms with van der Waals surface area (Å²) in [7, 11) is 3.64. The maximum Gasteiger partial charge on any atom is 0.161 e. The maximum atomic E-state index is 11.5. The number of aliphatic hydroxyl groups excluding tert-OH is 1. The molecule has 0 radical (unpaired) electrons. The van der Waals surface area contributed by atoms with Gasteiger partial charge < -0.3 is 19.5 Å². The predicted octanol–water partition coefficient (Wildman–Crippen LogP) is 3.68. The number of likely N-dealkylation sites (N-methyl/N-ethyl adjacent to an activating group) is 1. The first-order chi connectivity index (χ1) is 12.5. The van der Waals surface area contributed by atoms with Crippen LogP contribution in [0.5, 0.6) is 11.5 Å². The van der Waals surface area contributed by atoms with E-state index in [1.54, 1.807) is 25.3 Å². The molecule has 1 unspecified atom stereocenters. The fourth-order valence-electron chi connectivity index (χ4n) is 3.60. The summed E-state index contributed by atoms with van der Waals surface area (Å²) >= 11 is 0. The lowest BCUT2D eigenvalue weighted by Crippen LogP contribution is -2.40. The van der Waals surface area contributed by atoms with Gasteiger partial charge in [0.2, 0.25) is 0 Å². The van der Waals surface area contributed by atoms with E-state index in [2.05, 4.69) is 11.9 Å². The Morgan fingerprint density at radius 3 is 2.46 bits per heavy atom. The first kappa shape index (κ1) is 20.7. The Labute approximate surface area is 157 Å². The van der Waals surface area contributed by atoms with E-state index in [4.69, 9.17) is 9.47 Å². The van der Waals surface area contributed by atoms with Crippen LogP contribution in [-0.4, -0.2) is 55.2 Å². The van der Waals surface area contributed by atoms with Gasteiger partial charge in [-0.3, -0.25) is 4.79 Å². The van der Waals surface area contributed by atoms with Crippen molar-refractivity contribution in [2.45, 2.75) is 64.0 Å². The summed E-state index contributed by atoms with van der Waals surface area (Å²) in [5.74, 6) is 1.04. The lowest BCUT2D eigenvalue weighted by atomic mass is 9.96. The molecule has 26 heavy (non-hydrogen) atoms. The van der Waals surface area contributed by atoms with Gasteiger partial charge >= 0.3 is 0 Å². The second-order valence-electron chi connectivity index (χ2n) is 7.33. The molecule has 1 aromatic carbocycles. The number of methoxy groups -OCH3 is 1. The fourth-order valence-corrected chi connectivity index (χ4v) is 3.60. The molecular formula is C21H33NO4. The van der Waals surface area contributed by atoms with Gasteiger partial charge in [-0.1, -0.05) is 32.1 Å². The van der Waals surface area contributed by atoms with Gasteiger partial charge in [0.25, 0.3) is 0 Å². The van der Waals surface area contributed by atoms with Gasteiger partial charge in [0.15, 0.2) is 17.3 Å². The van der Waals surface area contributed by atoms with Crippen molar-refractivity contribution in [1.29, 1.82) is 0 Å². The largest absolute Gasteiger partial charge is 0.493 e. The van der Waals surface area contributed by atoms with Crippen molar-refractivity contribution in [3.05, 3.63) is 23.8 Å². The van der Waals surface area contributed by atoms with Crippen molar-refractivity contribution in [2.24, 2.45) is 0 Å². The number of rotatable bonds is 8. The number of carbonyl (C=O) groups excluding carboxylic acids is 1. The van der Waals surface area contributed by atoms with Crippen LogP contribution >= 0.6 is 0 Å². The third-order valence-corrected chi connectivity index (χ3v) is 5.20. The molecule has 0 saturated heterocycles. The van der Waals surface area contributed by atoms with Gasteiger partial charge in [0, 0.05) is 18.2 Å². The summed E-state index contributed by atoms with van der Waals surface area (Å²) in [6.07, 6.45) is 8.43. The number of ether oxygens (including phenoxy) is 2. The van der Waals surface area contributed by atoms with E-state index in [1.807, 2.05) is 0 Å². The van der Waals surface area contributed by atoms with E-state index in [-0.39, 0.29) is 12.4 Å². The molecule has 0 aromatic heterocycles. The van der Waals surface area contributed by atoms with Crippen LogP contribution in [0.1, 0.15) is 62.2 Å². The zero-order valence-corrected chi connectivity index (χ0v) is 16.4. The average molecular weight is 363 g/mol. The quantitative estimate of drug-likeness (QED) is 0.714. The Balaban J connectivity index is 1.85. The smallest absolute Gasteiger partial charge is 0.161 e. The van der Waals surface area contributed by atoms with E-state index in [0.29, 0.717) is 29.6 Å². The van der Waals surface area contributed by atoms with Crippen LogP contribution in [0, 0.1) is 0 Å². The zero-order valence-electron chi connectivity index (χ0n) is 16.4. The van der Waals surface area contributed by atoms with Gasteiger partial charge in [-0.25, -0.2) is 0 Å². The number of Topliss-reactive ketones (excluding diaryl/α,β-unsaturated/α-hetero) is 1. The first-order valence-electron chi connectivity index (χ1n) is 9.71. The average Bonchev–Trinajstić information content (AvgIpc) is 2.59. The number of nitrogens with zero attached hydrogens (tertiary/aromatic N) is 1. The maximum absolute atomic E-state index is 11.5. The van der Waals surface area contributed by atoms with Crippen LogP contribution in [0.4, 0.5) is 0 Å². The third kappa shape index (κ3) is 6.29. The molecule has 146 valence electrons. The lowest BCUT2D eigenvalue weighted by molar-refractivity contribution is 0.0573. The van der Waals surface area contributed by atoms with E-state index in [1.165, 1.54) is 51.9 Å². The molecule has 0 bridgehead atoms. The molecule has 1 aliphatic rings. The molecule has 1 aliphatic carbocycles. The third-order valence-electron chi connectivity index (χ3n) is 5.20. The number of hydrogen-bond donors (Lipinski definition) is 1. The molecule has 1 saturated carbocycles. The number of benzene rings is 1. The monoisotopic (exact) mass is 363 g/mol. The molecule has 1 N–H and O–H groups in total. The van der Waals surface area contributed by atoms with Crippen molar-refractivity contribution in [1.82, 2.24) is 4.90 Å². The summed E-state index contributed by atoms with van der Waals surface area (Å²) in [4.78, 5) is 13.7. The van der Waals surface area contributed by atoms with Crippen molar-refractivity contribution >= 4 is 5.78 Å². The van der Waals surface area contributed by atoms with Crippen LogP contribution < -0.4 is 9.47 Å². The van der Waals surface area contributed by atoms with E-state index >= 15 is 0 Å². The first-order valence-corrected chi connectivity index (χ1v) is 9.71. The molecule has 5 heteroatoms. The summed E-state index contributed by atoms with van der Waals surface area (Å²) in [6.45, 7) is 2.32. The molecule has 1 fully saturated rings. The Kier molecular flexibility index (Phi) is 8.39. The van der Waals surface area contributed by atoms with Gasteiger partial charge in [-0.15, -0.1) is 0 Å². The highest BCUT2D eigenvalue weighted by atomic mass is 16.5. The highest BCUT2D eigenvalue weighted by Crippen LogP contribution is 2.28. The Hall–Kier alpha value is -1.59. The van der Waals surface area contributed by atoms with Crippen molar-refractivity contribution in [2.75, 3.05) is 27.3 Å². The Bertz CT molecular complexity index is 567. The lowest BCUT2D eigenvalue weighted by Gasteiger charge is -2.31. The van der Waals surface area contributed by atoms with Crippen LogP contribution in [0.3, 0.4) is 0 Å². The second kappa shape index (κ2) is 10.5. The molecular weight excluding hydrogens is 330 g/mol. The molecule has 0 aliphatic heterocycles. The molecule has 1 aromatic rings. The predicted molar refractivity (Wildman–Crippen MR) is 103 cm³/mol. The van der Waals surface area contributed by atoms with E-state index < -0.39 is 6.10 Å². The standard InChI is InChI=1S/C21H33NO4/c1-16(23)17-11-12-20(21(13-17)25-3)26-15-19(24)14-22(2)18-9-7-5-4-6-8-10-18/h11-13,18-19,24H,4-10,14-15H2,1-3H3. The summed E-state index contributed by atoms with van der Waals surface area (Å²) in [5.41, 5.74) is 0.582. The topological polar surface area (TPSA) is 59.0 Å². The zero-order chi connectivity index (χ0) is 18.9. The van der Waals surface area contributed by atoms with Gasteiger partial charge in [-0.05, 0) is 45.0 Å². The molecule has 5 nitrogen and oxygen atoms in total. The molecule has 0 spiro atoms. The normalized spacial score (nSPS) is 17.4. The summed E-state index contributed by atoms with van der Waals surface area (Å²) in [5, 5.41) is 10.4. The number of hydrogen-bond acceptors (Lipinski definition) is 5.